The molecule has 0 aliphatic rings. The Morgan fingerprint density at radius 2 is 1.86 bits per heavy atom. The molecule has 0 spiro atoms. The van der Waals surface area contributed by atoms with E-state index < -0.39 is 12.1 Å². The first kappa shape index (κ1) is 14.7. The minimum Gasteiger partial charge on any atom is -0.481 e. The predicted molar refractivity (Wildman–Crippen MR) is 67.6 cm³/mol. The van der Waals surface area contributed by atoms with Gasteiger partial charge in [0.05, 0.1) is 12.7 Å². The van der Waals surface area contributed by atoms with E-state index >= 15 is 0 Å². The summed E-state index contributed by atoms with van der Waals surface area (Å²) < 4.78 is 45.8. The Labute approximate surface area is 118 Å². The second-order valence-corrected chi connectivity index (χ2v) is 3.96. The van der Waals surface area contributed by atoms with E-state index in [-0.39, 0.29) is 5.56 Å². The van der Waals surface area contributed by atoms with Crippen LogP contribution >= 0.6 is 0 Å². The highest BCUT2D eigenvalue weighted by atomic mass is 19.4. The first-order valence-electron chi connectivity index (χ1n) is 5.73. The molecule has 0 saturated carbocycles. The van der Waals surface area contributed by atoms with Gasteiger partial charge in [-0.15, -0.1) is 13.2 Å². The van der Waals surface area contributed by atoms with Gasteiger partial charge < -0.3 is 9.47 Å². The first-order valence-corrected chi connectivity index (χ1v) is 5.73. The van der Waals surface area contributed by atoms with Gasteiger partial charge in [0, 0.05) is 17.8 Å². The van der Waals surface area contributed by atoms with Gasteiger partial charge in [-0.25, -0.2) is 4.98 Å². The molecule has 1 heterocycles. The van der Waals surface area contributed by atoms with Crippen LogP contribution in [0.3, 0.4) is 0 Å². The van der Waals surface area contributed by atoms with Crippen LogP contribution in [-0.2, 0) is 0 Å². The quantitative estimate of drug-likeness (QED) is 0.869. The van der Waals surface area contributed by atoms with E-state index in [2.05, 4.69) is 9.72 Å². The molecule has 7 heteroatoms. The van der Waals surface area contributed by atoms with Crippen molar-refractivity contribution >= 4 is 0 Å². The number of pyridine rings is 1. The van der Waals surface area contributed by atoms with Crippen molar-refractivity contribution in [2.24, 2.45) is 0 Å². The summed E-state index contributed by atoms with van der Waals surface area (Å²) in [5.41, 5.74) is 0.827. The lowest BCUT2D eigenvalue weighted by atomic mass is 10.1. The number of aromatic nitrogens is 1. The third-order valence-corrected chi connectivity index (χ3v) is 2.61. The van der Waals surface area contributed by atoms with Gasteiger partial charge in [0.1, 0.15) is 11.8 Å². The molecule has 0 atom stereocenters. The van der Waals surface area contributed by atoms with E-state index in [9.17, 15) is 13.2 Å². The SMILES string of the molecule is COc1ccc(-c2ccc(C#N)c(OC(F)(F)F)c2)cn1. The fourth-order valence-electron chi connectivity index (χ4n) is 1.68. The van der Waals surface area contributed by atoms with E-state index in [0.29, 0.717) is 17.0 Å². The van der Waals surface area contributed by atoms with Crippen LogP contribution in [0.2, 0.25) is 0 Å². The molecule has 1 aromatic heterocycles. The van der Waals surface area contributed by atoms with Gasteiger partial charge in [0.2, 0.25) is 5.88 Å². The van der Waals surface area contributed by atoms with Crippen molar-refractivity contribution in [2.45, 2.75) is 6.36 Å². The van der Waals surface area contributed by atoms with Crippen molar-refractivity contribution in [3.63, 3.8) is 0 Å². The Balaban J connectivity index is 2.41. The summed E-state index contributed by atoms with van der Waals surface area (Å²) in [5, 5.41) is 8.82. The van der Waals surface area contributed by atoms with Crippen LogP contribution in [0, 0.1) is 11.3 Å². The molecule has 4 nitrogen and oxygen atoms in total. The number of hydrogen-bond donors (Lipinski definition) is 0. The normalized spacial score (nSPS) is 10.8. The summed E-state index contributed by atoms with van der Waals surface area (Å²) in [6.07, 6.45) is -3.40. The molecular weight excluding hydrogens is 285 g/mol. The van der Waals surface area contributed by atoms with Gasteiger partial charge in [-0.2, -0.15) is 5.26 Å². The molecule has 108 valence electrons. The molecule has 21 heavy (non-hydrogen) atoms. The van der Waals surface area contributed by atoms with Crippen LogP contribution in [0.25, 0.3) is 11.1 Å². The fraction of sp³-hybridized carbons (Fsp3) is 0.143. The zero-order valence-electron chi connectivity index (χ0n) is 10.8. The predicted octanol–water partition coefficient (Wildman–Crippen LogP) is 3.53. The average molecular weight is 294 g/mol. The second kappa shape index (κ2) is 5.71. The first-order chi connectivity index (χ1) is 9.93. The van der Waals surface area contributed by atoms with E-state index in [4.69, 9.17) is 10.00 Å². The zero-order valence-corrected chi connectivity index (χ0v) is 10.8. The van der Waals surface area contributed by atoms with Crippen LogP contribution in [0.15, 0.2) is 36.5 Å². The Kier molecular flexibility index (Phi) is 3.98. The number of rotatable bonds is 3. The van der Waals surface area contributed by atoms with Crippen LogP contribution in [-0.4, -0.2) is 18.5 Å². The highest BCUT2D eigenvalue weighted by Crippen LogP contribution is 2.31. The molecular formula is C14H9F3N2O2. The van der Waals surface area contributed by atoms with Crippen molar-refractivity contribution in [1.29, 1.82) is 5.26 Å². The molecule has 0 aliphatic carbocycles. The summed E-state index contributed by atoms with van der Waals surface area (Å²) in [6.45, 7) is 0. The zero-order chi connectivity index (χ0) is 15.5. The lowest BCUT2D eigenvalue weighted by Gasteiger charge is -2.11. The smallest absolute Gasteiger partial charge is 0.481 e. The standard InChI is InChI=1S/C14H9F3N2O2/c1-20-13-5-4-11(8-19-13)9-2-3-10(7-18)12(6-9)21-14(15,16)17/h2-6,8H,1H3. The maximum atomic E-state index is 12.3. The van der Waals surface area contributed by atoms with Crippen molar-refractivity contribution in [1.82, 2.24) is 4.98 Å². The van der Waals surface area contributed by atoms with E-state index in [1.165, 1.54) is 25.4 Å². The van der Waals surface area contributed by atoms with E-state index in [0.717, 1.165) is 6.07 Å². The van der Waals surface area contributed by atoms with Crippen molar-refractivity contribution < 1.29 is 22.6 Å². The van der Waals surface area contributed by atoms with Gasteiger partial charge in [-0.3, -0.25) is 0 Å². The number of halogens is 3. The molecule has 1 aromatic carbocycles. The number of hydrogen-bond acceptors (Lipinski definition) is 4. The molecule has 0 saturated heterocycles. The summed E-state index contributed by atoms with van der Waals surface area (Å²) in [7, 11) is 1.46. The maximum Gasteiger partial charge on any atom is 0.573 e. The van der Waals surface area contributed by atoms with Crippen LogP contribution in [0.5, 0.6) is 11.6 Å². The van der Waals surface area contributed by atoms with E-state index in [1.807, 2.05) is 0 Å². The average Bonchev–Trinajstić information content (AvgIpc) is 2.45. The van der Waals surface area contributed by atoms with E-state index in [1.54, 1.807) is 18.2 Å². The number of ether oxygens (including phenoxy) is 2. The molecule has 2 rings (SSSR count). The van der Waals surface area contributed by atoms with Gasteiger partial charge in [-0.05, 0) is 23.8 Å². The van der Waals surface area contributed by atoms with Crippen LogP contribution < -0.4 is 9.47 Å². The Hall–Kier alpha value is -2.75. The summed E-state index contributed by atoms with van der Waals surface area (Å²) in [5.74, 6) is -0.155. The van der Waals surface area contributed by atoms with Gasteiger partial charge in [-0.1, -0.05) is 6.07 Å². The Bertz CT molecular complexity index is 676. The monoisotopic (exact) mass is 294 g/mol. The molecule has 0 unspecified atom stereocenters. The number of nitriles is 1. The molecule has 0 N–H and O–H groups in total. The molecule has 0 bridgehead atoms. The minimum absolute atomic E-state index is 0.197. The highest BCUT2D eigenvalue weighted by molar-refractivity contribution is 5.66. The lowest BCUT2D eigenvalue weighted by molar-refractivity contribution is -0.274. The van der Waals surface area contributed by atoms with Gasteiger partial charge in [0.25, 0.3) is 0 Å². The fourth-order valence-corrected chi connectivity index (χ4v) is 1.68. The van der Waals surface area contributed by atoms with Crippen molar-refractivity contribution in [2.75, 3.05) is 7.11 Å². The van der Waals surface area contributed by atoms with Gasteiger partial charge >= 0.3 is 6.36 Å². The Morgan fingerprint density at radius 3 is 2.38 bits per heavy atom. The summed E-state index contributed by atoms with van der Waals surface area (Å²) in [6, 6.07) is 8.81. The third kappa shape index (κ3) is 3.63. The summed E-state index contributed by atoms with van der Waals surface area (Å²) in [4.78, 5) is 3.97. The van der Waals surface area contributed by atoms with Crippen molar-refractivity contribution in [3.8, 4) is 28.8 Å². The lowest BCUT2D eigenvalue weighted by Crippen LogP contribution is -2.17. The molecule has 0 amide bonds. The number of methoxy groups -OCH3 is 1. The number of benzene rings is 1. The largest absolute Gasteiger partial charge is 0.573 e. The van der Waals surface area contributed by atoms with Gasteiger partial charge in [0.15, 0.2) is 0 Å². The van der Waals surface area contributed by atoms with Crippen LogP contribution in [0.4, 0.5) is 13.2 Å². The number of nitrogens with zero attached hydrogens (tertiary/aromatic N) is 2. The molecule has 0 aliphatic heterocycles. The topological polar surface area (TPSA) is 55.1 Å². The molecule has 2 aromatic rings. The van der Waals surface area contributed by atoms with Crippen molar-refractivity contribution in [3.05, 3.63) is 42.1 Å². The number of alkyl halides is 3. The summed E-state index contributed by atoms with van der Waals surface area (Å²) >= 11 is 0. The second-order valence-electron chi connectivity index (χ2n) is 3.96. The Morgan fingerprint density at radius 1 is 1.14 bits per heavy atom. The maximum absolute atomic E-state index is 12.3. The minimum atomic E-state index is -4.86. The molecule has 0 fully saturated rings. The molecule has 0 radical (unpaired) electrons. The highest BCUT2D eigenvalue weighted by Gasteiger charge is 2.32. The third-order valence-electron chi connectivity index (χ3n) is 2.61. The van der Waals surface area contributed by atoms with Crippen LogP contribution in [0.1, 0.15) is 5.56 Å².